The van der Waals surface area contributed by atoms with Gasteiger partial charge in [-0.15, -0.1) is 0 Å². The summed E-state index contributed by atoms with van der Waals surface area (Å²) in [6, 6.07) is 23.2. The third-order valence-corrected chi connectivity index (χ3v) is 5.50. The van der Waals surface area contributed by atoms with Crippen molar-refractivity contribution in [2.24, 2.45) is 0 Å². The van der Waals surface area contributed by atoms with Gasteiger partial charge in [-0.2, -0.15) is 0 Å². The molecule has 0 aliphatic heterocycles. The Balaban J connectivity index is 1.56. The van der Waals surface area contributed by atoms with E-state index in [1.807, 2.05) is 72.8 Å². The van der Waals surface area contributed by atoms with Crippen molar-refractivity contribution in [3.05, 3.63) is 95.1 Å². The van der Waals surface area contributed by atoms with E-state index in [9.17, 15) is 4.79 Å². The molecule has 0 bridgehead atoms. The Morgan fingerprint density at radius 2 is 1.62 bits per heavy atom. The van der Waals surface area contributed by atoms with Gasteiger partial charge < -0.3 is 15.4 Å². The van der Waals surface area contributed by atoms with Crippen LogP contribution in [0, 0.1) is 0 Å². The van der Waals surface area contributed by atoms with Crippen molar-refractivity contribution in [3.63, 3.8) is 0 Å². The van der Waals surface area contributed by atoms with E-state index < -0.39 is 0 Å². The molecule has 0 aliphatic rings. The van der Waals surface area contributed by atoms with E-state index in [0.717, 1.165) is 17.9 Å². The third kappa shape index (κ3) is 6.41. The Bertz CT molecular complexity index is 1070. The van der Waals surface area contributed by atoms with Crippen LogP contribution in [0.1, 0.15) is 47.8 Å². The number of ether oxygens (including phenoxy) is 1. The highest BCUT2D eigenvalue weighted by Crippen LogP contribution is 2.23. The van der Waals surface area contributed by atoms with Crippen molar-refractivity contribution in [1.29, 1.82) is 0 Å². The van der Waals surface area contributed by atoms with Gasteiger partial charge in [-0.3, -0.25) is 4.79 Å². The number of carbonyl (C=O) groups is 1. The Morgan fingerprint density at radius 1 is 0.938 bits per heavy atom. The maximum absolute atomic E-state index is 12.9. The van der Waals surface area contributed by atoms with Crippen molar-refractivity contribution in [3.8, 4) is 5.75 Å². The molecule has 5 heteroatoms. The van der Waals surface area contributed by atoms with Crippen molar-refractivity contribution in [1.82, 2.24) is 5.32 Å². The average Bonchev–Trinajstić information content (AvgIpc) is 2.79. The highest BCUT2D eigenvalue weighted by atomic mass is 32.1. The van der Waals surface area contributed by atoms with Crippen LogP contribution in [0.25, 0.3) is 0 Å². The van der Waals surface area contributed by atoms with Gasteiger partial charge in [-0.1, -0.05) is 69.3 Å². The Hall–Kier alpha value is -3.18. The normalized spacial score (nSPS) is 11.0. The number of hydrogen-bond acceptors (Lipinski definition) is 3. The molecule has 2 N–H and O–H groups in total. The molecular formula is C27H30N2O2S. The minimum absolute atomic E-state index is 0.00695. The van der Waals surface area contributed by atoms with Gasteiger partial charge >= 0.3 is 0 Å². The Kier molecular flexibility index (Phi) is 7.65. The molecule has 3 rings (SSSR count). The third-order valence-electron chi connectivity index (χ3n) is 5.25. The van der Waals surface area contributed by atoms with Crippen LogP contribution in [0.5, 0.6) is 5.75 Å². The molecule has 0 unspecified atom stereocenters. The second kappa shape index (κ2) is 10.4. The lowest BCUT2D eigenvalue weighted by molar-refractivity contribution is 0.103. The lowest BCUT2D eigenvalue weighted by Gasteiger charge is -2.19. The number of benzene rings is 3. The number of nitrogens with one attached hydrogen (secondary N) is 2. The summed E-state index contributed by atoms with van der Waals surface area (Å²) in [6.45, 7) is 7.18. The van der Waals surface area contributed by atoms with E-state index in [1.54, 1.807) is 7.11 Å². The molecular weight excluding hydrogens is 416 g/mol. The van der Waals surface area contributed by atoms with E-state index in [-0.39, 0.29) is 11.2 Å². The second-order valence-corrected chi connectivity index (χ2v) is 9.12. The summed E-state index contributed by atoms with van der Waals surface area (Å²) >= 11 is 5.42. The first-order chi connectivity index (χ1) is 15.3. The van der Waals surface area contributed by atoms with Crippen LogP contribution in [-0.4, -0.2) is 24.6 Å². The van der Waals surface area contributed by atoms with Gasteiger partial charge in [-0.05, 0) is 59.4 Å². The van der Waals surface area contributed by atoms with E-state index in [4.69, 9.17) is 17.0 Å². The van der Waals surface area contributed by atoms with Crippen molar-refractivity contribution in [2.75, 3.05) is 19.0 Å². The molecule has 32 heavy (non-hydrogen) atoms. The fourth-order valence-electron chi connectivity index (χ4n) is 3.31. The summed E-state index contributed by atoms with van der Waals surface area (Å²) in [5.74, 6) is 0.839. The number of rotatable bonds is 7. The molecule has 0 atom stereocenters. The van der Waals surface area contributed by atoms with Crippen molar-refractivity contribution in [2.45, 2.75) is 32.6 Å². The van der Waals surface area contributed by atoms with E-state index in [0.29, 0.717) is 22.8 Å². The summed E-state index contributed by atoms with van der Waals surface area (Å²) in [7, 11) is 1.66. The summed E-state index contributed by atoms with van der Waals surface area (Å²) in [5.41, 5.74) is 4.54. The van der Waals surface area contributed by atoms with Gasteiger partial charge in [0.2, 0.25) is 0 Å². The number of carbonyl (C=O) groups excluding carboxylic acids is 1. The summed E-state index contributed by atoms with van der Waals surface area (Å²) in [4.78, 5) is 12.9. The van der Waals surface area contributed by atoms with Gasteiger partial charge in [0, 0.05) is 23.4 Å². The molecule has 4 nitrogen and oxygen atoms in total. The fraction of sp³-hybridized carbons (Fsp3) is 0.259. The number of ketones is 1. The van der Waals surface area contributed by atoms with Gasteiger partial charge in [0.25, 0.3) is 0 Å². The molecule has 3 aromatic carbocycles. The zero-order valence-corrected chi connectivity index (χ0v) is 19.9. The zero-order chi connectivity index (χ0) is 23.1. The van der Waals surface area contributed by atoms with Crippen LogP contribution >= 0.6 is 12.2 Å². The molecule has 0 saturated heterocycles. The zero-order valence-electron chi connectivity index (χ0n) is 19.1. The Labute approximate surface area is 196 Å². The molecule has 0 aromatic heterocycles. The van der Waals surface area contributed by atoms with Crippen LogP contribution in [0.2, 0.25) is 0 Å². The maximum Gasteiger partial charge on any atom is 0.193 e. The van der Waals surface area contributed by atoms with E-state index >= 15 is 0 Å². The molecule has 0 radical (unpaired) electrons. The molecule has 0 saturated carbocycles. The first kappa shape index (κ1) is 23.5. The van der Waals surface area contributed by atoms with Gasteiger partial charge in [-0.25, -0.2) is 0 Å². The maximum atomic E-state index is 12.9. The smallest absolute Gasteiger partial charge is 0.193 e. The number of anilines is 1. The van der Waals surface area contributed by atoms with Crippen LogP contribution < -0.4 is 15.4 Å². The van der Waals surface area contributed by atoms with Gasteiger partial charge in [0.1, 0.15) is 5.75 Å². The van der Waals surface area contributed by atoms with Crippen LogP contribution in [0.4, 0.5) is 5.69 Å². The van der Waals surface area contributed by atoms with Crippen molar-refractivity contribution < 1.29 is 9.53 Å². The number of methoxy groups -OCH3 is 1. The van der Waals surface area contributed by atoms with Crippen LogP contribution in [0.15, 0.2) is 72.8 Å². The minimum atomic E-state index is -0.00695. The lowest BCUT2D eigenvalue weighted by atomic mass is 9.86. The number of thiocarbonyl (C=S) groups is 1. The lowest BCUT2D eigenvalue weighted by Crippen LogP contribution is -2.30. The number of hydrogen-bond donors (Lipinski definition) is 2. The second-order valence-electron chi connectivity index (χ2n) is 8.72. The molecule has 166 valence electrons. The molecule has 0 fully saturated rings. The standard InChI is InChI=1S/C27H30N2O2S/c1-27(2,3)22-12-10-20(11-13-22)25(30)21-6-5-7-23(18-21)29-26(32)28-17-16-19-8-14-24(31-4)15-9-19/h5-15,18H,16-17H2,1-4H3,(H2,28,29,32). The summed E-state index contributed by atoms with van der Waals surface area (Å²) in [6.07, 6.45) is 0.842. The molecule has 0 heterocycles. The summed E-state index contributed by atoms with van der Waals surface area (Å²) in [5, 5.41) is 6.91. The average molecular weight is 447 g/mol. The fourth-order valence-corrected chi connectivity index (χ4v) is 3.53. The molecule has 0 amide bonds. The van der Waals surface area contributed by atoms with Crippen LogP contribution in [0.3, 0.4) is 0 Å². The van der Waals surface area contributed by atoms with Gasteiger partial charge in [0.05, 0.1) is 7.11 Å². The van der Waals surface area contributed by atoms with Gasteiger partial charge in [0.15, 0.2) is 10.9 Å². The first-order valence-electron chi connectivity index (χ1n) is 10.7. The predicted molar refractivity (Wildman–Crippen MR) is 136 cm³/mol. The monoisotopic (exact) mass is 446 g/mol. The quantitative estimate of drug-likeness (QED) is 0.357. The predicted octanol–water partition coefficient (Wildman–Crippen LogP) is 5.75. The molecule has 0 aliphatic carbocycles. The van der Waals surface area contributed by atoms with E-state index in [1.165, 1.54) is 11.1 Å². The van der Waals surface area contributed by atoms with Crippen LogP contribution in [-0.2, 0) is 11.8 Å². The van der Waals surface area contributed by atoms with E-state index in [2.05, 4.69) is 31.4 Å². The van der Waals surface area contributed by atoms with Crippen molar-refractivity contribution >= 4 is 28.8 Å². The molecule has 0 spiro atoms. The largest absolute Gasteiger partial charge is 0.497 e. The topological polar surface area (TPSA) is 50.4 Å². The first-order valence-corrected chi connectivity index (χ1v) is 11.1. The SMILES string of the molecule is COc1ccc(CCNC(=S)Nc2cccc(C(=O)c3ccc(C(C)(C)C)cc3)c2)cc1. The highest BCUT2D eigenvalue weighted by molar-refractivity contribution is 7.80. The highest BCUT2D eigenvalue weighted by Gasteiger charge is 2.15. The summed E-state index contributed by atoms with van der Waals surface area (Å²) < 4.78 is 5.18. The molecule has 3 aromatic rings. The minimum Gasteiger partial charge on any atom is -0.497 e. The Morgan fingerprint density at radius 3 is 2.25 bits per heavy atom.